The summed E-state index contributed by atoms with van der Waals surface area (Å²) in [5.74, 6) is -0.264. The number of carbonyl (C=O) groups excluding carboxylic acids is 1. The second-order valence-electron chi connectivity index (χ2n) is 3.78. The molecule has 0 saturated carbocycles. The lowest BCUT2D eigenvalue weighted by Gasteiger charge is -2.07. The molecule has 0 aromatic heterocycles. The van der Waals surface area contributed by atoms with Crippen molar-refractivity contribution in [3.05, 3.63) is 34.9 Å². The smallest absolute Gasteiger partial charge is 0.338 e. The predicted molar refractivity (Wildman–Crippen MR) is 57.6 cm³/mol. The Morgan fingerprint density at radius 3 is 3.13 bits per heavy atom. The fourth-order valence-corrected chi connectivity index (χ4v) is 1.98. The van der Waals surface area contributed by atoms with Crippen molar-refractivity contribution in [2.24, 2.45) is 5.73 Å². The molecule has 0 bridgehead atoms. The van der Waals surface area contributed by atoms with Gasteiger partial charge in [0.05, 0.1) is 12.2 Å². The van der Waals surface area contributed by atoms with E-state index in [2.05, 4.69) is 0 Å². The van der Waals surface area contributed by atoms with Crippen LogP contribution in [0.15, 0.2) is 18.2 Å². The summed E-state index contributed by atoms with van der Waals surface area (Å²) in [5.41, 5.74) is 8.90. The highest BCUT2D eigenvalue weighted by Crippen LogP contribution is 2.29. The number of fused-ring (bicyclic) bond motifs is 1. The van der Waals surface area contributed by atoms with E-state index in [1.54, 1.807) is 6.92 Å². The van der Waals surface area contributed by atoms with Crippen molar-refractivity contribution in [2.45, 2.75) is 25.8 Å². The van der Waals surface area contributed by atoms with Crippen LogP contribution in [0.5, 0.6) is 0 Å². The largest absolute Gasteiger partial charge is 0.462 e. The number of carbonyl (C=O) groups is 1. The van der Waals surface area contributed by atoms with Gasteiger partial charge in [-0.3, -0.25) is 0 Å². The van der Waals surface area contributed by atoms with Crippen molar-refractivity contribution in [3.63, 3.8) is 0 Å². The van der Waals surface area contributed by atoms with E-state index in [-0.39, 0.29) is 12.0 Å². The Morgan fingerprint density at radius 2 is 2.40 bits per heavy atom. The van der Waals surface area contributed by atoms with Crippen LogP contribution in [0.1, 0.15) is 40.9 Å². The molecule has 2 rings (SSSR count). The van der Waals surface area contributed by atoms with Crippen molar-refractivity contribution >= 4 is 5.97 Å². The fourth-order valence-electron chi connectivity index (χ4n) is 1.98. The molecule has 15 heavy (non-hydrogen) atoms. The van der Waals surface area contributed by atoms with Gasteiger partial charge in [-0.1, -0.05) is 6.07 Å². The van der Waals surface area contributed by atoms with Crippen LogP contribution in [0, 0.1) is 0 Å². The van der Waals surface area contributed by atoms with Gasteiger partial charge in [-0.05, 0) is 43.0 Å². The van der Waals surface area contributed by atoms with Crippen LogP contribution in [0.4, 0.5) is 0 Å². The number of esters is 1. The van der Waals surface area contributed by atoms with Gasteiger partial charge >= 0.3 is 5.97 Å². The second kappa shape index (κ2) is 4.03. The first-order chi connectivity index (χ1) is 7.22. The van der Waals surface area contributed by atoms with Crippen molar-refractivity contribution in [3.8, 4) is 0 Å². The zero-order valence-corrected chi connectivity index (χ0v) is 8.82. The van der Waals surface area contributed by atoms with E-state index in [4.69, 9.17) is 10.5 Å². The standard InChI is InChI=1S/C12H15NO2/c1-2-15-12(14)9-4-3-8-5-6-11(13)10(8)7-9/h3-4,7,11H,2,5-6,13H2,1H3/t11-/m1/s1. The molecule has 1 aromatic carbocycles. The van der Waals surface area contributed by atoms with Crippen LogP contribution < -0.4 is 5.73 Å². The number of hydrogen-bond donors (Lipinski definition) is 1. The number of benzene rings is 1. The first-order valence-corrected chi connectivity index (χ1v) is 5.28. The molecule has 3 heteroatoms. The highest BCUT2D eigenvalue weighted by atomic mass is 16.5. The number of aryl methyl sites for hydroxylation is 1. The molecule has 1 aromatic rings. The zero-order valence-electron chi connectivity index (χ0n) is 8.82. The maximum absolute atomic E-state index is 11.5. The molecule has 1 atom stereocenters. The summed E-state index contributed by atoms with van der Waals surface area (Å²) in [4.78, 5) is 11.5. The molecule has 0 radical (unpaired) electrons. The van der Waals surface area contributed by atoms with Gasteiger partial charge in [0, 0.05) is 6.04 Å². The van der Waals surface area contributed by atoms with Gasteiger partial charge in [0.2, 0.25) is 0 Å². The van der Waals surface area contributed by atoms with Crippen LogP contribution in [0.3, 0.4) is 0 Å². The zero-order chi connectivity index (χ0) is 10.8. The maximum Gasteiger partial charge on any atom is 0.338 e. The van der Waals surface area contributed by atoms with E-state index >= 15 is 0 Å². The predicted octanol–water partition coefficient (Wildman–Crippen LogP) is 1.81. The summed E-state index contributed by atoms with van der Waals surface area (Å²) in [7, 11) is 0. The lowest BCUT2D eigenvalue weighted by Crippen LogP contribution is -2.08. The number of hydrogen-bond acceptors (Lipinski definition) is 3. The SMILES string of the molecule is CCOC(=O)c1ccc2c(c1)[C@H](N)CC2. The van der Waals surface area contributed by atoms with E-state index in [1.807, 2.05) is 18.2 Å². The summed E-state index contributed by atoms with van der Waals surface area (Å²) in [6, 6.07) is 5.74. The molecule has 0 aliphatic heterocycles. The number of nitrogens with two attached hydrogens (primary N) is 1. The van der Waals surface area contributed by atoms with Crippen LogP contribution in [0.2, 0.25) is 0 Å². The summed E-state index contributed by atoms with van der Waals surface area (Å²) < 4.78 is 4.94. The summed E-state index contributed by atoms with van der Waals surface area (Å²) in [5, 5.41) is 0. The summed E-state index contributed by atoms with van der Waals surface area (Å²) >= 11 is 0. The molecule has 2 N–H and O–H groups in total. The molecule has 0 fully saturated rings. The maximum atomic E-state index is 11.5. The Bertz CT molecular complexity index is 387. The van der Waals surface area contributed by atoms with Gasteiger partial charge in [0.15, 0.2) is 0 Å². The molecule has 0 heterocycles. The monoisotopic (exact) mass is 205 g/mol. The number of ether oxygens (including phenoxy) is 1. The Balaban J connectivity index is 2.29. The third kappa shape index (κ3) is 1.88. The van der Waals surface area contributed by atoms with E-state index < -0.39 is 0 Å². The minimum Gasteiger partial charge on any atom is -0.462 e. The molecular formula is C12H15NO2. The van der Waals surface area contributed by atoms with Gasteiger partial charge in [0.25, 0.3) is 0 Å². The highest BCUT2D eigenvalue weighted by molar-refractivity contribution is 5.89. The van der Waals surface area contributed by atoms with Gasteiger partial charge in [-0.2, -0.15) is 0 Å². The minimum absolute atomic E-state index is 0.0781. The van der Waals surface area contributed by atoms with Crippen LogP contribution in [0.25, 0.3) is 0 Å². The molecule has 3 nitrogen and oxygen atoms in total. The highest BCUT2D eigenvalue weighted by Gasteiger charge is 2.20. The van der Waals surface area contributed by atoms with Crippen molar-refractivity contribution < 1.29 is 9.53 Å². The lowest BCUT2D eigenvalue weighted by molar-refractivity contribution is 0.0526. The topological polar surface area (TPSA) is 52.3 Å². The molecule has 0 spiro atoms. The van der Waals surface area contributed by atoms with Crippen molar-refractivity contribution in [1.82, 2.24) is 0 Å². The molecular weight excluding hydrogens is 190 g/mol. The van der Waals surface area contributed by atoms with Gasteiger partial charge in [0.1, 0.15) is 0 Å². The Labute approximate surface area is 89.2 Å². The molecule has 1 aliphatic carbocycles. The van der Waals surface area contributed by atoms with Crippen LogP contribution >= 0.6 is 0 Å². The van der Waals surface area contributed by atoms with Gasteiger partial charge in [-0.25, -0.2) is 4.79 Å². The fraction of sp³-hybridized carbons (Fsp3) is 0.417. The van der Waals surface area contributed by atoms with Crippen LogP contribution in [-0.4, -0.2) is 12.6 Å². The first kappa shape index (κ1) is 10.2. The van der Waals surface area contributed by atoms with Crippen molar-refractivity contribution in [1.29, 1.82) is 0 Å². The third-order valence-corrected chi connectivity index (χ3v) is 2.78. The average molecular weight is 205 g/mol. The lowest BCUT2D eigenvalue weighted by atomic mass is 10.0. The van der Waals surface area contributed by atoms with Gasteiger partial charge < -0.3 is 10.5 Å². The van der Waals surface area contributed by atoms with Gasteiger partial charge in [-0.15, -0.1) is 0 Å². The molecule has 0 unspecified atom stereocenters. The first-order valence-electron chi connectivity index (χ1n) is 5.28. The molecule has 0 saturated heterocycles. The number of rotatable bonds is 2. The summed E-state index contributed by atoms with van der Waals surface area (Å²) in [6.45, 7) is 2.21. The average Bonchev–Trinajstić information content (AvgIpc) is 2.60. The van der Waals surface area contributed by atoms with E-state index in [0.717, 1.165) is 18.4 Å². The normalized spacial score (nSPS) is 18.7. The Morgan fingerprint density at radius 1 is 1.60 bits per heavy atom. The van der Waals surface area contributed by atoms with Crippen LogP contribution in [-0.2, 0) is 11.2 Å². The Kier molecular flexibility index (Phi) is 2.73. The van der Waals surface area contributed by atoms with E-state index in [9.17, 15) is 4.79 Å². The second-order valence-corrected chi connectivity index (χ2v) is 3.78. The molecule has 1 aliphatic rings. The summed E-state index contributed by atoms with van der Waals surface area (Å²) in [6.07, 6.45) is 1.99. The van der Waals surface area contributed by atoms with E-state index in [1.165, 1.54) is 5.56 Å². The quantitative estimate of drug-likeness (QED) is 0.749. The molecule has 0 amide bonds. The Hall–Kier alpha value is -1.35. The minimum atomic E-state index is -0.264. The van der Waals surface area contributed by atoms with Crippen molar-refractivity contribution in [2.75, 3.05) is 6.61 Å². The molecule has 80 valence electrons. The van der Waals surface area contributed by atoms with E-state index in [0.29, 0.717) is 12.2 Å². The third-order valence-electron chi connectivity index (χ3n) is 2.78.